The summed E-state index contributed by atoms with van der Waals surface area (Å²) in [6, 6.07) is -0.535. The summed E-state index contributed by atoms with van der Waals surface area (Å²) in [6.45, 7) is 4.41. The molecule has 3 N–H and O–H groups in total. The van der Waals surface area contributed by atoms with Gasteiger partial charge < -0.3 is 15.5 Å². The van der Waals surface area contributed by atoms with Crippen LogP contribution in [0.4, 0.5) is 0 Å². The molecule has 70 heavy (non-hydrogen) atoms. The minimum absolute atomic E-state index is 0.0233. The summed E-state index contributed by atoms with van der Waals surface area (Å²) in [5.41, 5.74) is 0. The number of rotatable bonds is 62. The molecule has 0 bridgehead atoms. The van der Waals surface area contributed by atoms with Crippen LogP contribution in [0.2, 0.25) is 0 Å². The third-order valence-corrected chi connectivity index (χ3v) is 15.8. The van der Waals surface area contributed by atoms with Crippen molar-refractivity contribution < 1.29 is 15.0 Å². The molecule has 0 fully saturated rings. The van der Waals surface area contributed by atoms with E-state index >= 15 is 0 Å². The Morgan fingerprint density at radius 2 is 0.543 bits per heavy atom. The molecule has 0 aromatic heterocycles. The van der Waals surface area contributed by atoms with Gasteiger partial charge in [0.25, 0.3) is 0 Å². The van der Waals surface area contributed by atoms with E-state index in [1.807, 2.05) is 0 Å². The molecule has 4 heteroatoms. The van der Waals surface area contributed by atoms with Crippen molar-refractivity contribution in [2.45, 2.75) is 398 Å². The number of carbonyl (C=O) groups excluding carboxylic acids is 1. The maximum Gasteiger partial charge on any atom is 0.220 e. The van der Waals surface area contributed by atoms with E-state index in [9.17, 15) is 15.0 Å². The van der Waals surface area contributed by atoms with Gasteiger partial charge in [0.05, 0.1) is 18.8 Å². The monoisotopic (exact) mass is 986 g/mol. The van der Waals surface area contributed by atoms with Gasteiger partial charge in [0.15, 0.2) is 0 Å². The molecule has 2 unspecified atom stereocenters. The highest BCUT2D eigenvalue weighted by Gasteiger charge is 2.20. The fraction of sp³-hybridized carbons (Fsp3) is 0.955. The fourth-order valence-electron chi connectivity index (χ4n) is 10.8. The Morgan fingerprint density at radius 1 is 0.329 bits per heavy atom. The van der Waals surface area contributed by atoms with Crippen molar-refractivity contribution in [3.8, 4) is 0 Å². The van der Waals surface area contributed by atoms with Gasteiger partial charge in [0.2, 0.25) is 5.91 Å². The number of aliphatic hydroxyl groups excluding tert-OH is 2. The van der Waals surface area contributed by atoms with Gasteiger partial charge in [-0.25, -0.2) is 0 Å². The van der Waals surface area contributed by atoms with E-state index in [0.717, 1.165) is 25.7 Å². The Labute approximate surface area is 441 Å². The summed E-state index contributed by atoms with van der Waals surface area (Å²) in [4.78, 5) is 12.5. The molecule has 0 saturated carbocycles. The Kier molecular flexibility index (Phi) is 61.6. The molecule has 0 radical (unpaired) electrons. The second-order valence-electron chi connectivity index (χ2n) is 22.9. The molecule has 0 aliphatic carbocycles. The van der Waals surface area contributed by atoms with Crippen molar-refractivity contribution in [1.82, 2.24) is 5.32 Å². The van der Waals surface area contributed by atoms with Crippen LogP contribution < -0.4 is 5.32 Å². The number of amides is 1. The van der Waals surface area contributed by atoms with Crippen molar-refractivity contribution in [2.24, 2.45) is 0 Å². The number of aliphatic hydroxyl groups is 2. The minimum atomic E-state index is -0.658. The summed E-state index contributed by atoms with van der Waals surface area (Å²) in [5, 5.41) is 23.4. The Hall–Kier alpha value is -0.870. The summed E-state index contributed by atoms with van der Waals surface area (Å²) in [6.07, 6.45) is 82.5. The first-order valence-corrected chi connectivity index (χ1v) is 32.9. The predicted molar refractivity (Wildman–Crippen MR) is 313 cm³/mol. The molecule has 2 atom stereocenters. The normalized spacial score (nSPS) is 12.7. The first-order chi connectivity index (χ1) is 34.7. The van der Waals surface area contributed by atoms with E-state index in [-0.39, 0.29) is 12.5 Å². The lowest BCUT2D eigenvalue weighted by Gasteiger charge is -2.22. The van der Waals surface area contributed by atoms with Gasteiger partial charge in [0, 0.05) is 6.42 Å². The third-order valence-electron chi connectivity index (χ3n) is 15.8. The molecule has 0 aliphatic heterocycles. The maximum atomic E-state index is 12.5. The molecule has 4 nitrogen and oxygen atoms in total. The van der Waals surface area contributed by atoms with Crippen molar-refractivity contribution >= 4 is 5.91 Å². The average molecular weight is 987 g/mol. The molecular formula is C66H131NO3. The Morgan fingerprint density at radius 3 is 0.786 bits per heavy atom. The highest BCUT2D eigenvalue weighted by atomic mass is 16.3. The molecule has 418 valence electrons. The molecule has 0 aromatic carbocycles. The first kappa shape index (κ1) is 69.1. The Bertz CT molecular complexity index is 982. The molecule has 0 aliphatic rings. The van der Waals surface area contributed by atoms with Crippen molar-refractivity contribution in [3.63, 3.8) is 0 Å². The quantitative estimate of drug-likeness (QED) is 0.0420. The second kappa shape index (κ2) is 62.4. The van der Waals surface area contributed by atoms with Crippen LogP contribution in [0.15, 0.2) is 12.2 Å². The molecule has 0 aromatic rings. The highest BCUT2D eigenvalue weighted by molar-refractivity contribution is 5.76. The zero-order chi connectivity index (χ0) is 50.6. The van der Waals surface area contributed by atoms with E-state index in [0.29, 0.717) is 12.8 Å². The number of allylic oxidation sites excluding steroid dienone is 2. The molecule has 0 rings (SSSR count). The largest absolute Gasteiger partial charge is 0.394 e. The van der Waals surface area contributed by atoms with Gasteiger partial charge in [0.1, 0.15) is 0 Å². The molecule has 0 saturated heterocycles. The van der Waals surface area contributed by atoms with Crippen molar-refractivity contribution in [3.05, 3.63) is 12.2 Å². The number of nitrogens with one attached hydrogen (secondary N) is 1. The lowest BCUT2D eigenvalue weighted by atomic mass is 10.0. The molecule has 0 heterocycles. The smallest absolute Gasteiger partial charge is 0.220 e. The van der Waals surface area contributed by atoms with E-state index in [1.165, 1.54) is 334 Å². The van der Waals surface area contributed by atoms with Gasteiger partial charge in [-0.2, -0.15) is 0 Å². The van der Waals surface area contributed by atoms with Crippen LogP contribution in [0.5, 0.6) is 0 Å². The lowest BCUT2D eigenvalue weighted by Crippen LogP contribution is -2.45. The standard InChI is InChI=1S/C66H131NO3/c1-3-5-7-9-11-13-15-17-19-21-23-25-27-29-30-31-32-33-34-35-36-38-39-41-43-45-47-49-51-53-55-57-59-61-65(69)64(63-68)67-66(70)62-60-58-56-54-52-50-48-46-44-42-40-37-28-26-24-22-20-18-16-14-12-10-8-6-4-2/h22,24,64-65,68-69H,3-21,23,25-63H2,1-2H3,(H,67,70)/b24-22-. The molecule has 1 amide bonds. The van der Waals surface area contributed by atoms with E-state index in [2.05, 4.69) is 31.3 Å². The molecule has 0 spiro atoms. The van der Waals surface area contributed by atoms with E-state index < -0.39 is 12.1 Å². The number of unbranched alkanes of at least 4 members (excludes halogenated alkanes) is 53. The second-order valence-corrected chi connectivity index (χ2v) is 22.9. The first-order valence-electron chi connectivity index (χ1n) is 32.9. The number of hydrogen-bond acceptors (Lipinski definition) is 3. The Balaban J connectivity index is 3.38. The maximum absolute atomic E-state index is 12.5. The zero-order valence-electron chi connectivity index (χ0n) is 48.3. The SMILES string of the molecule is CCCCCCCCCC/C=C\CCCCCCCCCCCCCCCC(=O)NC(CO)C(O)CCCCCCCCCCCCCCCCCCCCCCCCCCCCCCCCCCC. The average Bonchev–Trinajstić information content (AvgIpc) is 3.36. The van der Waals surface area contributed by atoms with Gasteiger partial charge in [-0.15, -0.1) is 0 Å². The summed E-state index contributed by atoms with van der Waals surface area (Å²) in [5.74, 6) is -0.0233. The lowest BCUT2D eigenvalue weighted by molar-refractivity contribution is -0.123. The number of hydrogen-bond donors (Lipinski definition) is 3. The third kappa shape index (κ3) is 58.0. The minimum Gasteiger partial charge on any atom is -0.394 e. The summed E-state index contributed by atoms with van der Waals surface area (Å²) < 4.78 is 0. The van der Waals surface area contributed by atoms with E-state index in [4.69, 9.17) is 0 Å². The molecular weight excluding hydrogens is 855 g/mol. The van der Waals surface area contributed by atoms with Crippen LogP contribution in [0.3, 0.4) is 0 Å². The van der Waals surface area contributed by atoms with Crippen molar-refractivity contribution in [2.75, 3.05) is 6.61 Å². The van der Waals surface area contributed by atoms with Crippen LogP contribution in [-0.4, -0.2) is 34.9 Å². The highest BCUT2D eigenvalue weighted by Crippen LogP contribution is 2.19. The summed E-state index contributed by atoms with van der Waals surface area (Å²) in [7, 11) is 0. The van der Waals surface area contributed by atoms with Crippen LogP contribution in [0.1, 0.15) is 386 Å². The van der Waals surface area contributed by atoms with Gasteiger partial charge in [-0.05, 0) is 38.5 Å². The summed E-state index contributed by atoms with van der Waals surface area (Å²) >= 11 is 0. The van der Waals surface area contributed by atoms with Gasteiger partial charge >= 0.3 is 0 Å². The van der Waals surface area contributed by atoms with Crippen molar-refractivity contribution in [1.29, 1.82) is 0 Å². The van der Waals surface area contributed by atoms with Crippen LogP contribution in [0, 0.1) is 0 Å². The fourth-order valence-corrected chi connectivity index (χ4v) is 10.8. The van der Waals surface area contributed by atoms with Gasteiger partial charge in [-0.3, -0.25) is 4.79 Å². The van der Waals surface area contributed by atoms with E-state index in [1.54, 1.807) is 0 Å². The zero-order valence-corrected chi connectivity index (χ0v) is 48.3. The predicted octanol–water partition coefficient (Wildman–Crippen LogP) is 22.0. The topological polar surface area (TPSA) is 69.6 Å². The number of carbonyl (C=O) groups is 1. The van der Waals surface area contributed by atoms with Crippen LogP contribution in [-0.2, 0) is 4.79 Å². The van der Waals surface area contributed by atoms with Gasteiger partial charge in [-0.1, -0.05) is 353 Å². The van der Waals surface area contributed by atoms with Crippen LogP contribution in [0.25, 0.3) is 0 Å². The van der Waals surface area contributed by atoms with Crippen LogP contribution >= 0.6 is 0 Å².